The fourth-order valence-corrected chi connectivity index (χ4v) is 3.17. The van der Waals surface area contributed by atoms with Crippen LogP contribution < -0.4 is 15.4 Å². The van der Waals surface area contributed by atoms with Crippen molar-refractivity contribution >= 4 is 11.7 Å². The van der Waals surface area contributed by atoms with Gasteiger partial charge in [0.2, 0.25) is 0 Å². The van der Waals surface area contributed by atoms with E-state index in [0.29, 0.717) is 6.54 Å². The smallest absolute Gasteiger partial charge is 0.319 e. The van der Waals surface area contributed by atoms with Gasteiger partial charge in [0.15, 0.2) is 0 Å². The Morgan fingerprint density at radius 3 is 2.43 bits per heavy atom. The molecule has 120 valence electrons. The molecule has 1 aliphatic carbocycles. The van der Waals surface area contributed by atoms with Gasteiger partial charge in [0.1, 0.15) is 5.75 Å². The molecule has 2 aromatic carbocycles. The van der Waals surface area contributed by atoms with Crippen molar-refractivity contribution < 1.29 is 9.53 Å². The van der Waals surface area contributed by atoms with Gasteiger partial charge in [0.05, 0.1) is 7.11 Å². The van der Waals surface area contributed by atoms with Crippen molar-refractivity contribution in [3.8, 4) is 5.75 Å². The molecular formula is C19H22N2O2. The molecule has 0 radical (unpaired) electrons. The molecule has 2 N–H and O–H groups in total. The third-order valence-corrected chi connectivity index (χ3v) is 4.61. The fraction of sp³-hybridized carbons (Fsp3) is 0.316. The Labute approximate surface area is 136 Å². The lowest BCUT2D eigenvalue weighted by Crippen LogP contribution is -2.46. The second-order valence-electron chi connectivity index (χ2n) is 6.01. The maximum absolute atomic E-state index is 12.1. The second-order valence-corrected chi connectivity index (χ2v) is 6.01. The molecule has 1 saturated carbocycles. The number of ether oxygens (including phenoxy) is 1. The third-order valence-electron chi connectivity index (χ3n) is 4.61. The Bertz CT molecular complexity index is 666. The molecule has 3 rings (SSSR count). The fourth-order valence-electron chi connectivity index (χ4n) is 3.17. The average Bonchev–Trinajstić information content (AvgIpc) is 2.55. The van der Waals surface area contributed by atoms with E-state index in [9.17, 15) is 4.79 Å². The Hall–Kier alpha value is -2.49. The molecule has 0 heterocycles. The van der Waals surface area contributed by atoms with Gasteiger partial charge in [-0.15, -0.1) is 0 Å². The minimum absolute atomic E-state index is 0.0133. The Balaban J connectivity index is 1.66. The molecule has 0 saturated heterocycles. The van der Waals surface area contributed by atoms with Gasteiger partial charge in [-0.3, -0.25) is 0 Å². The van der Waals surface area contributed by atoms with Crippen LogP contribution in [-0.4, -0.2) is 19.7 Å². The number of urea groups is 1. The van der Waals surface area contributed by atoms with Crippen LogP contribution in [0.3, 0.4) is 0 Å². The molecule has 4 heteroatoms. The van der Waals surface area contributed by atoms with E-state index in [0.717, 1.165) is 24.3 Å². The standard InChI is InChI=1S/C19H22N2O2/c1-23-17-11-6-5-10-16(17)19(12-7-13-19)14-20-18(22)21-15-8-3-2-4-9-15/h2-6,8-11H,7,12-14H2,1H3,(H2,20,21,22). The molecule has 23 heavy (non-hydrogen) atoms. The summed E-state index contributed by atoms with van der Waals surface area (Å²) in [5, 5.41) is 5.88. The first-order chi connectivity index (χ1) is 11.2. The van der Waals surface area contributed by atoms with Crippen LogP contribution >= 0.6 is 0 Å². The Morgan fingerprint density at radius 2 is 1.78 bits per heavy atom. The maximum Gasteiger partial charge on any atom is 0.319 e. The highest BCUT2D eigenvalue weighted by Gasteiger charge is 2.40. The summed E-state index contributed by atoms with van der Waals surface area (Å²) in [5.74, 6) is 0.900. The van der Waals surface area contributed by atoms with Crippen LogP contribution in [-0.2, 0) is 5.41 Å². The summed E-state index contributed by atoms with van der Waals surface area (Å²) >= 11 is 0. The zero-order chi connectivity index (χ0) is 16.1. The van der Waals surface area contributed by atoms with E-state index < -0.39 is 0 Å². The van der Waals surface area contributed by atoms with E-state index in [2.05, 4.69) is 16.7 Å². The van der Waals surface area contributed by atoms with E-state index in [-0.39, 0.29) is 11.4 Å². The topological polar surface area (TPSA) is 50.4 Å². The number of para-hydroxylation sites is 2. The summed E-state index contributed by atoms with van der Waals surface area (Å²) in [6, 6.07) is 17.4. The Kier molecular flexibility index (Phi) is 4.51. The predicted molar refractivity (Wildman–Crippen MR) is 92.0 cm³/mol. The lowest BCUT2D eigenvalue weighted by molar-refractivity contribution is 0.217. The number of rotatable bonds is 5. The van der Waals surface area contributed by atoms with Crippen molar-refractivity contribution in [2.45, 2.75) is 24.7 Å². The summed E-state index contributed by atoms with van der Waals surface area (Å²) in [4.78, 5) is 12.1. The summed E-state index contributed by atoms with van der Waals surface area (Å²) in [6.07, 6.45) is 3.32. The van der Waals surface area contributed by atoms with E-state index >= 15 is 0 Å². The largest absolute Gasteiger partial charge is 0.496 e. The minimum atomic E-state index is -0.169. The Morgan fingerprint density at radius 1 is 1.09 bits per heavy atom. The van der Waals surface area contributed by atoms with Crippen molar-refractivity contribution in [2.75, 3.05) is 19.0 Å². The SMILES string of the molecule is COc1ccccc1C1(CNC(=O)Nc2ccccc2)CCC1. The molecule has 0 spiro atoms. The highest BCUT2D eigenvalue weighted by atomic mass is 16.5. The molecule has 1 fully saturated rings. The minimum Gasteiger partial charge on any atom is -0.496 e. The zero-order valence-electron chi connectivity index (χ0n) is 13.3. The van der Waals surface area contributed by atoms with Gasteiger partial charge in [-0.2, -0.15) is 0 Å². The molecule has 2 aromatic rings. The van der Waals surface area contributed by atoms with Gasteiger partial charge in [-0.05, 0) is 31.0 Å². The molecule has 0 bridgehead atoms. The molecule has 1 aliphatic rings. The van der Waals surface area contributed by atoms with Crippen molar-refractivity contribution in [1.82, 2.24) is 5.32 Å². The molecule has 2 amide bonds. The highest BCUT2D eigenvalue weighted by molar-refractivity contribution is 5.89. The van der Waals surface area contributed by atoms with Crippen molar-refractivity contribution in [3.05, 3.63) is 60.2 Å². The third kappa shape index (κ3) is 3.31. The lowest BCUT2D eigenvalue weighted by Gasteiger charge is -2.43. The van der Waals surface area contributed by atoms with Gasteiger partial charge in [0, 0.05) is 23.2 Å². The van der Waals surface area contributed by atoms with Crippen molar-refractivity contribution in [3.63, 3.8) is 0 Å². The van der Waals surface area contributed by atoms with Crippen LogP contribution in [0.2, 0.25) is 0 Å². The number of hydrogen-bond acceptors (Lipinski definition) is 2. The van der Waals surface area contributed by atoms with Gasteiger partial charge in [-0.25, -0.2) is 4.79 Å². The van der Waals surface area contributed by atoms with Crippen LogP contribution in [0.5, 0.6) is 5.75 Å². The predicted octanol–water partition coefficient (Wildman–Crippen LogP) is 3.94. The molecule has 0 atom stereocenters. The molecule has 0 aromatic heterocycles. The van der Waals surface area contributed by atoms with E-state index in [4.69, 9.17) is 4.74 Å². The number of nitrogens with one attached hydrogen (secondary N) is 2. The zero-order valence-corrected chi connectivity index (χ0v) is 13.3. The first kappa shape index (κ1) is 15.4. The van der Waals surface area contributed by atoms with E-state index in [1.807, 2.05) is 48.5 Å². The summed E-state index contributed by atoms with van der Waals surface area (Å²) in [6.45, 7) is 0.617. The average molecular weight is 310 g/mol. The van der Waals surface area contributed by atoms with Crippen molar-refractivity contribution in [1.29, 1.82) is 0 Å². The monoisotopic (exact) mass is 310 g/mol. The summed E-state index contributed by atoms with van der Waals surface area (Å²) in [7, 11) is 1.70. The number of carbonyl (C=O) groups is 1. The number of amides is 2. The number of carbonyl (C=O) groups excluding carboxylic acids is 1. The lowest BCUT2D eigenvalue weighted by atomic mass is 9.64. The van der Waals surface area contributed by atoms with E-state index in [1.54, 1.807) is 7.11 Å². The molecule has 0 unspecified atom stereocenters. The first-order valence-corrected chi connectivity index (χ1v) is 7.97. The van der Waals surface area contributed by atoms with Gasteiger partial charge >= 0.3 is 6.03 Å². The number of anilines is 1. The second kappa shape index (κ2) is 6.73. The molecule has 4 nitrogen and oxygen atoms in total. The van der Waals surface area contributed by atoms with Crippen LogP contribution in [0.15, 0.2) is 54.6 Å². The van der Waals surface area contributed by atoms with Crippen LogP contribution in [0, 0.1) is 0 Å². The summed E-state index contributed by atoms with van der Waals surface area (Å²) in [5.41, 5.74) is 1.97. The number of benzene rings is 2. The van der Waals surface area contributed by atoms with Crippen LogP contribution in [0.25, 0.3) is 0 Å². The number of methoxy groups -OCH3 is 1. The summed E-state index contributed by atoms with van der Waals surface area (Å²) < 4.78 is 5.50. The first-order valence-electron chi connectivity index (χ1n) is 7.97. The maximum atomic E-state index is 12.1. The highest BCUT2D eigenvalue weighted by Crippen LogP contribution is 2.46. The number of hydrogen-bond donors (Lipinski definition) is 2. The van der Waals surface area contributed by atoms with Gasteiger partial charge in [-0.1, -0.05) is 42.8 Å². The van der Waals surface area contributed by atoms with Crippen molar-refractivity contribution in [2.24, 2.45) is 0 Å². The van der Waals surface area contributed by atoms with Gasteiger partial charge in [0.25, 0.3) is 0 Å². The normalized spacial score (nSPS) is 15.3. The molecule has 0 aliphatic heterocycles. The van der Waals surface area contributed by atoms with Gasteiger partial charge < -0.3 is 15.4 Å². The van der Waals surface area contributed by atoms with Crippen LogP contribution in [0.1, 0.15) is 24.8 Å². The quantitative estimate of drug-likeness (QED) is 0.879. The van der Waals surface area contributed by atoms with E-state index in [1.165, 1.54) is 12.0 Å². The molecular weight excluding hydrogens is 288 g/mol. The van der Waals surface area contributed by atoms with Crippen LogP contribution in [0.4, 0.5) is 10.5 Å².